The third-order valence-corrected chi connectivity index (χ3v) is 6.47. The molecular weight excluding hydrogens is 412 g/mol. The smallest absolute Gasteiger partial charge is 0.268 e. The van der Waals surface area contributed by atoms with Gasteiger partial charge in [0.1, 0.15) is 10.5 Å². The van der Waals surface area contributed by atoms with Crippen molar-refractivity contribution in [3.05, 3.63) is 76.2 Å². The number of hydrogen-bond acceptors (Lipinski definition) is 5. The van der Waals surface area contributed by atoms with Crippen molar-refractivity contribution in [3.8, 4) is 0 Å². The monoisotopic (exact) mass is 436 g/mol. The van der Waals surface area contributed by atoms with E-state index in [9.17, 15) is 14.4 Å². The van der Waals surface area contributed by atoms with E-state index in [1.54, 1.807) is 9.80 Å². The Morgan fingerprint density at radius 1 is 1.19 bits per heavy atom. The lowest BCUT2D eigenvalue weighted by Crippen LogP contribution is -2.44. The van der Waals surface area contributed by atoms with Gasteiger partial charge in [-0.15, -0.1) is 11.3 Å². The topological polar surface area (TPSA) is 86.4 Å². The van der Waals surface area contributed by atoms with Crippen molar-refractivity contribution in [3.63, 3.8) is 0 Å². The van der Waals surface area contributed by atoms with Crippen molar-refractivity contribution in [1.82, 2.24) is 19.8 Å². The molecule has 160 valence electrons. The Kier molecular flexibility index (Phi) is 6.27. The van der Waals surface area contributed by atoms with Gasteiger partial charge in [-0.05, 0) is 35.9 Å². The molecular formula is C23H24N4O3S. The number of likely N-dealkylation sites (tertiary alicyclic amines) is 1. The van der Waals surface area contributed by atoms with Gasteiger partial charge in [-0.2, -0.15) is 0 Å². The zero-order valence-corrected chi connectivity index (χ0v) is 17.9. The summed E-state index contributed by atoms with van der Waals surface area (Å²) in [7, 11) is 0. The van der Waals surface area contributed by atoms with Gasteiger partial charge in [0.2, 0.25) is 11.8 Å². The van der Waals surface area contributed by atoms with Gasteiger partial charge in [-0.3, -0.25) is 14.4 Å². The van der Waals surface area contributed by atoms with Crippen LogP contribution in [-0.4, -0.2) is 44.7 Å². The quantitative estimate of drug-likeness (QED) is 0.602. The number of H-pyrrole nitrogens is 1. The van der Waals surface area contributed by atoms with Crippen molar-refractivity contribution >= 4 is 33.4 Å². The molecule has 2 aromatic heterocycles. The van der Waals surface area contributed by atoms with Crippen molar-refractivity contribution < 1.29 is 9.59 Å². The highest BCUT2D eigenvalue weighted by Gasteiger charge is 2.30. The van der Waals surface area contributed by atoms with Crippen LogP contribution < -0.4 is 5.56 Å². The maximum absolute atomic E-state index is 13.4. The fourth-order valence-electron chi connectivity index (χ4n) is 3.93. The lowest BCUT2D eigenvalue weighted by molar-refractivity contribution is -0.140. The first-order chi connectivity index (χ1) is 15.0. The number of nitrogens with one attached hydrogen (secondary N) is 1. The molecule has 1 aliphatic heterocycles. The minimum Gasteiger partial charge on any atom is -0.339 e. The van der Waals surface area contributed by atoms with E-state index in [1.807, 2.05) is 41.8 Å². The van der Waals surface area contributed by atoms with Crippen molar-refractivity contribution in [2.75, 3.05) is 13.1 Å². The predicted octanol–water partition coefficient (Wildman–Crippen LogP) is 2.94. The van der Waals surface area contributed by atoms with Gasteiger partial charge in [0.15, 0.2) is 0 Å². The molecule has 1 fully saturated rings. The molecule has 3 heterocycles. The molecule has 1 N–H and O–H groups in total. The van der Waals surface area contributed by atoms with Gasteiger partial charge < -0.3 is 14.8 Å². The summed E-state index contributed by atoms with van der Waals surface area (Å²) in [5.74, 6) is 0.217. The fourth-order valence-corrected chi connectivity index (χ4v) is 4.65. The highest BCUT2D eigenvalue weighted by Crippen LogP contribution is 2.22. The first-order valence-electron chi connectivity index (χ1n) is 10.3. The van der Waals surface area contributed by atoms with Crippen molar-refractivity contribution in [2.24, 2.45) is 5.92 Å². The summed E-state index contributed by atoms with van der Waals surface area (Å²) in [5, 5.41) is 1.84. The SMILES string of the molecule is C=CC(=O)N1CCC(C(=O)N(Cc2ccccc2)Cc2nc3ccsc3c(=O)[nH]2)CC1. The molecule has 1 aromatic carbocycles. The van der Waals surface area contributed by atoms with Gasteiger partial charge in [0.25, 0.3) is 5.56 Å². The Bertz CT molecular complexity index is 1150. The Balaban J connectivity index is 1.55. The fraction of sp³-hybridized carbons (Fsp3) is 0.304. The largest absolute Gasteiger partial charge is 0.339 e. The molecule has 0 bridgehead atoms. The van der Waals surface area contributed by atoms with Gasteiger partial charge in [-0.25, -0.2) is 4.98 Å². The van der Waals surface area contributed by atoms with E-state index >= 15 is 0 Å². The number of carbonyl (C=O) groups is 2. The van der Waals surface area contributed by atoms with Crippen LogP contribution in [0, 0.1) is 5.92 Å². The molecule has 1 saturated heterocycles. The zero-order chi connectivity index (χ0) is 21.8. The van der Waals surface area contributed by atoms with Gasteiger partial charge >= 0.3 is 0 Å². The molecule has 0 radical (unpaired) electrons. The maximum Gasteiger partial charge on any atom is 0.268 e. The van der Waals surface area contributed by atoms with Crippen LogP contribution in [0.1, 0.15) is 24.2 Å². The lowest BCUT2D eigenvalue weighted by Gasteiger charge is -2.33. The van der Waals surface area contributed by atoms with Gasteiger partial charge in [0, 0.05) is 25.6 Å². The Morgan fingerprint density at radius 3 is 2.65 bits per heavy atom. The number of benzene rings is 1. The number of aromatic nitrogens is 2. The molecule has 3 aromatic rings. The number of hydrogen-bond donors (Lipinski definition) is 1. The molecule has 8 heteroatoms. The molecule has 31 heavy (non-hydrogen) atoms. The second kappa shape index (κ2) is 9.26. The molecule has 0 spiro atoms. The van der Waals surface area contributed by atoms with E-state index in [1.165, 1.54) is 17.4 Å². The average molecular weight is 437 g/mol. The van der Waals surface area contributed by atoms with Crippen LogP contribution in [0.25, 0.3) is 10.2 Å². The van der Waals surface area contributed by atoms with Crippen LogP contribution >= 0.6 is 11.3 Å². The second-order valence-electron chi connectivity index (χ2n) is 7.63. The molecule has 0 saturated carbocycles. The third kappa shape index (κ3) is 4.74. The second-order valence-corrected chi connectivity index (χ2v) is 8.55. The van der Waals surface area contributed by atoms with Gasteiger partial charge in [-0.1, -0.05) is 36.9 Å². The minimum atomic E-state index is -0.182. The molecule has 0 atom stereocenters. The zero-order valence-electron chi connectivity index (χ0n) is 17.1. The Morgan fingerprint density at radius 2 is 1.94 bits per heavy atom. The Labute approximate surface area is 184 Å². The van der Waals surface area contributed by atoms with E-state index < -0.39 is 0 Å². The number of rotatable bonds is 6. The van der Waals surface area contributed by atoms with E-state index in [4.69, 9.17) is 0 Å². The van der Waals surface area contributed by atoms with E-state index in [0.29, 0.717) is 48.5 Å². The van der Waals surface area contributed by atoms with E-state index in [2.05, 4.69) is 16.5 Å². The number of fused-ring (bicyclic) bond motifs is 1. The summed E-state index contributed by atoms with van der Waals surface area (Å²) in [6.07, 6.45) is 2.53. The van der Waals surface area contributed by atoms with Crippen LogP contribution in [0.15, 0.2) is 59.2 Å². The summed E-state index contributed by atoms with van der Waals surface area (Å²) < 4.78 is 0.587. The standard InChI is InChI=1S/C23H24N4O3S/c1-2-20(28)26-11-8-17(9-12-26)23(30)27(14-16-6-4-3-5-7-16)15-19-24-18-10-13-31-21(18)22(29)25-19/h2-7,10,13,17H,1,8-9,11-12,14-15H2,(H,24,25,29). The van der Waals surface area contributed by atoms with Crippen molar-refractivity contribution in [1.29, 1.82) is 0 Å². The predicted molar refractivity (Wildman–Crippen MR) is 120 cm³/mol. The number of carbonyl (C=O) groups excluding carboxylic acids is 2. The van der Waals surface area contributed by atoms with E-state index in [-0.39, 0.29) is 29.8 Å². The lowest BCUT2D eigenvalue weighted by atomic mass is 9.95. The summed E-state index contributed by atoms with van der Waals surface area (Å²) in [6, 6.07) is 11.6. The molecule has 0 unspecified atom stereocenters. The highest BCUT2D eigenvalue weighted by atomic mass is 32.1. The molecule has 2 amide bonds. The molecule has 4 rings (SSSR count). The summed E-state index contributed by atoms with van der Waals surface area (Å²) in [6.45, 7) is 5.26. The maximum atomic E-state index is 13.4. The first-order valence-corrected chi connectivity index (χ1v) is 11.1. The highest BCUT2D eigenvalue weighted by molar-refractivity contribution is 7.17. The van der Waals surface area contributed by atoms with Crippen LogP contribution in [-0.2, 0) is 22.7 Å². The van der Waals surface area contributed by atoms with Gasteiger partial charge in [0.05, 0.1) is 12.1 Å². The Hall–Kier alpha value is -3.26. The number of aromatic amines is 1. The normalized spacial score (nSPS) is 14.5. The summed E-state index contributed by atoms with van der Waals surface area (Å²) in [5.41, 5.74) is 1.47. The summed E-state index contributed by atoms with van der Waals surface area (Å²) >= 11 is 1.35. The first kappa shape index (κ1) is 21.0. The number of thiophene rings is 1. The molecule has 0 aliphatic carbocycles. The molecule has 1 aliphatic rings. The minimum absolute atomic E-state index is 0.0163. The van der Waals surface area contributed by atoms with Crippen LogP contribution in [0.2, 0.25) is 0 Å². The molecule has 7 nitrogen and oxygen atoms in total. The van der Waals surface area contributed by atoms with Crippen molar-refractivity contribution in [2.45, 2.75) is 25.9 Å². The van der Waals surface area contributed by atoms with E-state index in [0.717, 1.165) is 5.56 Å². The number of amides is 2. The van der Waals surface area contributed by atoms with Crippen LogP contribution in [0.3, 0.4) is 0 Å². The van der Waals surface area contributed by atoms with Crippen LogP contribution in [0.4, 0.5) is 0 Å². The summed E-state index contributed by atoms with van der Waals surface area (Å²) in [4.78, 5) is 48.5. The van der Waals surface area contributed by atoms with Crippen LogP contribution in [0.5, 0.6) is 0 Å². The number of nitrogens with zero attached hydrogens (tertiary/aromatic N) is 3. The average Bonchev–Trinajstić information content (AvgIpc) is 3.28. The number of piperidine rings is 1. The third-order valence-electron chi connectivity index (χ3n) is 5.56.